The standard InChI is InChI=1S/C11H22N2O2S2/c1-9(8-14)13-11(15)12-6-3-2-4-10-5-7-16-17-10/h9-10,14H,2-8H2,1H3,(H2,12,13,15). The summed E-state index contributed by atoms with van der Waals surface area (Å²) in [4.78, 5) is 11.3. The fourth-order valence-electron chi connectivity index (χ4n) is 1.58. The lowest BCUT2D eigenvalue weighted by molar-refractivity contribution is 0.220. The topological polar surface area (TPSA) is 61.4 Å². The molecule has 0 aromatic carbocycles. The average Bonchev–Trinajstić information content (AvgIpc) is 2.81. The van der Waals surface area contributed by atoms with Crippen LogP contribution in [0, 0.1) is 0 Å². The third-order valence-corrected chi connectivity index (χ3v) is 5.62. The lowest BCUT2D eigenvalue weighted by atomic mass is 10.1. The Balaban J connectivity index is 1.90. The molecule has 1 aliphatic rings. The molecule has 1 heterocycles. The van der Waals surface area contributed by atoms with Gasteiger partial charge in [0.25, 0.3) is 0 Å². The van der Waals surface area contributed by atoms with Gasteiger partial charge in [-0.3, -0.25) is 0 Å². The molecular formula is C11H22N2O2S2. The van der Waals surface area contributed by atoms with Gasteiger partial charge in [0, 0.05) is 17.5 Å². The molecule has 3 N–H and O–H groups in total. The molecule has 0 saturated carbocycles. The monoisotopic (exact) mass is 278 g/mol. The Labute approximate surface area is 111 Å². The molecule has 0 aromatic rings. The SMILES string of the molecule is CC(CO)NC(=O)NCCCCC1CCSS1. The Bertz CT molecular complexity index is 224. The number of nitrogens with one attached hydrogen (secondary N) is 2. The molecule has 4 nitrogen and oxygen atoms in total. The minimum absolute atomic E-state index is 0.0238. The van der Waals surface area contributed by atoms with Gasteiger partial charge in [-0.2, -0.15) is 0 Å². The molecule has 0 aliphatic carbocycles. The van der Waals surface area contributed by atoms with E-state index in [0.29, 0.717) is 6.54 Å². The third-order valence-electron chi connectivity index (χ3n) is 2.62. The second-order valence-electron chi connectivity index (χ2n) is 4.31. The van der Waals surface area contributed by atoms with Crippen LogP contribution in [0.25, 0.3) is 0 Å². The van der Waals surface area contributed by atoms with E-state index in [1.54, 1.807) is 6.92 Å². The van der Waals surface area contributed by atoms with Crippen molar-refractivity contribution in [3.8, 4) is 0 Å². The van der Waals surface area contributed by atoms with E-state index >= 15 is 0 Å². The number of rotatable bonds is 7. The zero-order chi connectivity index (χ0) is 12.5. The van der Waals surface area contributed by atoms with Crippen LogP contribution in [0.3, 0.4) is 0 Å². The molecule has 2 unspecified atom stereocenters. The summed E-state index contributed by atoms with van der Waals surface area (Å²) in [5, 5.41) is 15.0. The summed E-state index contributed by atoms with van der Waals surface area (Å²) in [5.41, 5.74) is 0. The van der Waals surface area contributed by atoms with Crippen molar-refractivity contribution in [3.05, 3.63) is 0 Å². The smallest absolute Gasteiger partial charge is 0.315 e. The lowest BCUT2D eigenvalue weighted by Crippen LogP contribution is -2.42. The predicted molar refractivity (Wildman–Crippen MR) is 75.4 cm³/mol. The van der Waals surface area contributed by atoms with Crippen molar-refractivity contribution in [1.29, 1.82) is 0 Å². The van der Waals surface area contributed by atoms with Gasteiger partial charge in [-0.1, -0.05) is 28.0 Å². The van der Waals surface area contributed by atoms with E-state index in [2.05, 4.69) is 10.6 Å². The molecule has 17 heavy (non-hydrogen) atoms. The molecule has 1 rings (SSSR count). The van der Waals surface area contributed by atoms with Gasteiger partial charge in [-0.15, -0.1) is 0 Å². The molecular weight excluding hydrogens is 256 g/mol. The van der Waals surface area contributed by atoms with E-state index in [1.165, 1.54) is 25.0 Å². The Hall–Kier alpha value is -0.0700. The number of carbonyl (C=O) groups excluding carboxylic acids is 1. The van der Waals surface area contributed by atoms with Gasteiger partial charge in [-0.05, 0) is 26.2 Å². The Morgan fingerprint density at radius 3 is 3.00 bits per heavy atom. The van der Waals surface area contributed by atoms with Gasteiger partial charge in [0.1, 0.15) is 0 Å². The number of urea groups is 1. The van der Waals surface area contributed by atoms with Crippen LogP contribution >= 0.6 is 21.6 Å². The van der Waals surface area contributed by atoms with Gasteiger partial charge in [0.2, 0.25) is 0 Å². The molecule has 0 spiro atoms. The highest BCUT2D eigenvalue weighted by Crippen LogP contribution is 2.39. The van der Waals surface area contributed by atoms with Crippen LogP contribution < -0.4 is 10.6 Å². The number of unbranched alkanes of at least 4 members (excludes halogenated alkanes) is 1. The molecule has 1 aliphatic heterocycles. The normalized spacial score (nSPS) is 21.2. The summed E-state index contributed by atoms with van der Waals surface area (Å²) in [6.07, 6.45) is 4.79. The van der Waals surface area contributed by atoms with Crippen molar-refractivity contribution in [2.75, 3.05) is 18.9 Å². The zero-order valence-electron chi connectivity index (χ0n) is 10.3. The summed E-state index contributed by atoms with van der Waals surface area (Å²) in [6.45, 7) is 2.47. The number of hydrogen-bond acceptors (Lipinski definition) is 4. The lowest BCUT2D eigenvalue weighted by Gasteiger charge is -2.12. The van der Waals surface area contributed by atoms with Gasteiger partial charge < -0.3 is 15.7 Å². The van der Waals surface area contributed by atoms with Gasteiger partial charge in [0.05, 0.1) is 12.6 Å². The van der Waals surface area contributed by atoms with Crippen molar-refractivity contribution < 1.29 is 9.90 Å². The minimum Gasteiger partial charge on any atom is -0.394 e. The summed E-state index contributed by atoms with van der Waals surface area (Å²) in [6, 6.07) is -0.362. The van der Waals surface area contributed by atoms with E-state index in [1.807, 2.05) is 21.6 Å². The molecule has 1 fully saturated rings. The van der Waals surface area contributed by atoms with Crippen LogP contribution in [0.2, 0.25) is 0 Å². The fourth-order valence-corrected chi connectivity index (χ4v) is 4.61. The molecule has 0 aromatic heterocycles. The van der Waals surface area contributed by atoms with E-state index in [-0.39, 0.29) is 18.7 Å². The molecule has 100 valence electrons. The quantitative estimate of drug-likeness (QED) is 0.492. The first-order chi connectivity index (χ1) is 8.22. The van der Waals surface area contributed by atoms with Gasteiger partial charge in [0.15, 0.2) is 0 Å². The molecule has 6 heteroatoms. The van der Waals surface area contributed by atoms with Crippen molar-refractivity contribution >= 4 is 27.6 Å². The average molecular weight is 278 g/mol. The molecule has 2 amide bonds. The zero-order valence-corrected chi connectivity index (χ0v) is 11.9. The Morgan fingerprint density at radius 1 is 1.53 bits per heavy atom. The molecule has 2 atom stereocenters. The summed E-state index contributed by atoms with van der Waals surface area (Å²) in [7, 11) is 3.98. The van der Waals surface area contributed by atoms with Crippen LogP contribution in [-0.4, -0.2) is 41.3 Å². The number of aliphatic hydroxyl groups is 1. The minimum atomic E-state index is -0.183. The van der Waals surface area contributed by atoms with Crippen LogP contribution in [-0.2, 0) is 0 Å². The number of amides is 2. The summed E-state index contributed by atoms with van der Waals surface area (Å²) in [5.74, 6) is 1.29. The van der Waals surface area contributed by atoms with Crippen molar-refractivity contribution in [3.63, 3.8) is 0 Å². The number of carbonyl (C=O) groups is 1. The molecule has 1 saturated heterocycles. The second-order valence-corrected chi connectivity index (χ2v) is 7.10. The molecule has 0 bridgehead atoms. The first-order valence-corrected chi connectivity index (χ1v) is 8.54. The third kappa shape index (κ3) is 7.06. The van der Waals surface area contributed by atoms with E-state index in [4.69, 9.17) is 5.11 Å². The van der Waals surface area contributed by atoms with Crippen LogP contribution in [0.15, 0.2) is 0 Å². The largest absolute Gasteiger partial charge is 0.394 e. The van der Waals surface area contributed by atoms with E-state index in [0.717, 1.165) is 11.7 Å². The number of aliphatic hydroxyl groups excluding tert-OH is 1. The maximum Gasteiger partial charge on any atom is 0.315 e. The Morgan fingerprint density at radius 2 is 2.35 bits per heavy atom. The summed E-state index contributed by atoms with van der Waals surface area (Å²) >= 11 is 0. The second kappa shape index (κ2) is 8.94. The summed E-state index contributed by atoms with van der Waals surface area (Å²) < 4.78 is 0. The predicted octanol–water partition coefficient (Wildman–Crippen LogP) is 1.99. The molecule has 0 radical (unpaired) electrons. The highest BCUT2D eigenvalue weighted by atomic mass is 33.1. The first kappa shape index (κ1) is 15.0. The maximum atomic E-state index is 11.3. The first-order valence-electron chi connectivity index (χ1n) is 6.16. The van der Waals surface area contributed by atoms with E-state index in [9.17, 15) is 4.79 Å². The van der Waals surface area contributed by atoms with Crippen LogP contribution in [0.1, 0.15) is 32.6 Å². The fraction of sp³-hybridized carbons (Fsp3) is 0.909. The highest BCUT2D eigenvalue weighted by Gasteiger charge is 2.15. The van der Waals surface area contributed by atoms with E-state index < -0.39 is 0 Å². The van der Waals surface area contributed by atoms with Crippen molar-refractivity contribution in [2.45, 2.75) is 43.9 Å². The Kier molecular flexibility index (Phi) is 7.88. The number of hydrogen-bond donors (Lipinski definition) is 3. The van der Waals surface area contributed by atoms with Crippen LogP contribution in [0.4, 0.5) is 4.79 Å². The van der Waals surface area contributed by atoms with Crippen molar-refractivity contribution in [1.82, 2.24) is 10.6 Å². The maximum absolute atomic E-state index is 11.3. The van der Waals surface area contributed by atoms with Crippen LogP contribution in [0.5, 0.6) is 0 Å². The highest BCUT2D eigenvalue weighted by molar-refractivity contribution is 8.77. The van der Waals surface area contributed by atoms with Gasteiger partial charge in [-0.25, -0.2) is 4.79 Å². The van der Waals surface area contributed by atoms with Crippen molar-refractivity contribution in [2.24, 2.45) is 0 Å². The van der Waals surface area contributed by atoms with Gasteiger partial charge >= 0.3 is 6.03 Å².